The summed E-state index contributed by atoms with van der Waals surface area (Å²) in [7, 11) is -3.43. The maximum atomic E-state index is 12.1. The summed E-state index contributed by atoms with van der Waals surface area (Å²) in [5.74, 6) is 1.28. The number of hydrogen-bond acceptors (Lipinski definition) is 8. The molecule has 170 valence electrons. The number of hydrogen-bond donors (Lipinski definition) is 2. The van der Waals surface area contributed by atoms with Crippen molar-refractivity contribution in [2.45, 2.75) is 18.2 Å². The SMILES string of the molecule is CCOCCCOc1cccc(Nc2ncc(Cl)c(Nc3ccccc3S(C)(=O)=O)n2)c1. The van der Waals surface area contributed by atoms with E-state index in [2.05, 4.69) is 20.6 Å². The summed E-state index contributed by atoms with van der Waals surface area (Å²) in [5.41, 5.74) is 1.11. The monoisotopic (exact) mass is 476 g/mol. The van der Waals surface area contributed by atoms with E-state index in [0.717, 1.165) is 18.4 Å². The third kappa shape index (κ3) is 6.81. The van der Waals surface area contributed by atoms with Gasteiger partial charge in [-0.25, -0.2) is 13.4 Å². The Kier molecular flexibility index (Phi) is 8.26. The number of nitrogens with zero attached hydrogens (tertiary/aromatic N) is 2. The van der Waals surface area contributed by atoms with E-state index < -0.39 is 9.84 Å². The topological polar surface area (TPSA) is 102 Å². The predicted molar refractivity (Wildman–Crippen MR) is 126 cm³/mol. The molecule has 2 aromatic carbocycles. The largest absolute Gasteiger partial charge is 0.493 e. The van der Waals surface area contributed by atoms with Gasteiger partial charge in [-0.05, 0) is 31.2 Å². The number of nitrogens with one attached hydrogen (secondary N) is 2. The van der Waals surface area contributed by atoms with E-state index in [9.17, 15) is 8.42 Å². The fraction of sp³-hybridized carbons (Fsp3) is 0.273. The Hall–Kier alpha value is -2.88. The van der Waals surface area contributed by atoms with E-state index >= 15 is 0 Å². The molecule has 0 spiro atoms. The average Bonchev–Trinajstić information content (AvgIpc) is 2.76. The number of benzene rings is 2. The van der Waals surface area contributed by atoms with Gasteiger partial charge in [0.15, 0.2) is 15.7 Å². The molecule has 10 heteroatoms. The van der Waals surface area contributed by atoms with E-state index in [0.29, 0.717) is 37.2 Å². The molecule has 0 bridgehead atoms. The first-order valence-corrected chi connectivity index (χ1v) is 12.3. The third-order valence-electron chi connectivity index (χ3n) is 4.28. The molecule has 0 unspecified atom stereocenters. The molecule has 3 rings (SSSR count). The zero-order valence-electron chi connectivity index (χ0n) is 17.8. The second-order valence-corrected chi connectivity index (χ2v) is 9.23. The molecule has 0 aliphatic carbocycles. The average molecular weight is 477 g/mol. The Morgan fingerprint density at radius 2 is 1.88 bits per heavy atom. The quantitative estimate of drug-likeness (QED) is 0.379. The molecule has 32 heavy (non-hydrogen) atoms. The molecule has 0 radical (unpaired) electrons. The van der Waals surface area contributed by atoms with Gasteiger partial charge in [-0.2, -0.15) is 4.98 Å². The summed E-state index contributed by atoms with van der Waals surface area (Å²) in [6.07, 6.45) is 3.39. The lowest BCUT2D eigenvalue weighted by Crippen LogP contribution is -2.06. The molecule has 0 aliphatic heterocycles. The molecular weight excluding hydrogens is 452 g/mol. The van der Waals surface area contributed by atoms with Crippen molar-refractivity contribution < 1.29 is 17.9 Å². The lowest BCUT2D eigenvalue weighted by atomic mass is 10.3. The normalized spacial score (nSPS) is 11.2. The van der Waals surface area contributed by atoms with Gasteiger partial charge in [0.25, 0.3) is 0 Å². The van der Waals surface area contributed by atoms with Gasteiger partial charge in [0, 0.05) is 37.6 Å². The summed E-state index contributed by atoms with van der Waals surface area (Å²) < 4.78 is 35.2. The zero-order valence-corrected chi connectivity index (χ0v) is 19.4. The van der Waals surface area contributed by atoms with Crippen molar-refractivity contribution in [3.63, 3.8) is 0 Å². The Balaban J connectivity index is 1.73. The van der Waals surface area contributed by atoms with Crippen molar-refractivity contribution >= 4 is 44.6 Å². The van der Waals surface area contributed by atoms with Crippen LogP contribution in [0.2, 0.25) is 5.02 Å². The van der Waals surface area contributed by atoms with E-state index in [1.807, 2.05) is 31.2 Å². The minimum absolute atomic E-state index is 0.151. The van der Waals surface area contributed by atoms with Crippen molar-refractivity contribution in [1.82, 2.24) is 9.97 Å². The number of rotatable bonds is 11. The summed E-state index contributed by atoms with van der Waals surface area (Å²) >= 11 is 6.24. The van der Waals surface area contributed by atoms with Crippen molar-refractivity contribution in [2.24, 2.45) is 0 Å². The molecule has 8 nitrogen and oxygen atoms in total. The van der Waals surface area contributed by atoms with Crippen LogP contribution in [0.15, 0.2) is 59.6 Å². The van der Waals surface area contributed by atoms with Crippen LogP contribution in [-0.4, -0.2) is 44.5 Å². The van der Waals surface area contributed by atoms with E-state index in [1.165, 1.54) is 12.3 Å². The summed E-state index contributed by atoms with van der Waals surface area (Å²) in [5, 5.41) is 6.36. The van der Waals surface area contributed by atoms with Crippen LogP contribution in [0.25, 0.3) is 0 Å². The third-order valence-corrected chi connectivity index (χ3v) is 5.71. The highest BCUT2D eigenvalue weighted by molar-refractivity contribution is 7.90. The number of aromatic nitrogens is 2. The maximum absolute atomic E-state index is 12.1. The van der Waals surface area contributed by atoms with Gasteiger partial charge in [0.05, 0.1) is 23.4 Å². The molecule has 0 saturated heterocycles. The molecule has 2 N–H and O–H groups in total. The van der Waals surface area contributed by atoms with Crippen LogP contribution in [-0.2, 0) is 14.6 Å². The van der Waals surface area contributed by atoms with Gasteiger partial charge in [0.2, 0.25) is 5.95 Å². The lowest BCUT2D eigenvalue weighted by Gasteiger charge is -2.13. The van der Waals surface area contributed by atoms with Crippen LogP contribution in [0.5, 0.6) is 5.75 Å². The molecular formula is C22H25ClN4O4S. The van der Waals surface area contributed by atoms with Crippen molar-refractivity contribution in [3.05, 3.63) is 59.8 Å². The van der Waals surface area contributed by atoms with Gasteiger partial charge >= 0.3 is 0 Å². The molecule has 0 fully saturated rings. The van der Waals surface area contributed by atoms with Crippen molar-refractivity contribution in [3.8, 4) is 5.75 Å². The van der Waals surface area contributed by atoms with Crippen LogP contribution in [0.4, 0.5) is 23.1 Å². The van der Waals surface area contributed by atoms with Gasteiger partial charge in [-0.15, -0.1) is 0 Å². The molecule has 1 heterocycles. The highest BCUT2D eigenvalue weighted by atomic mass is 35.5. The number of para-hydroxylation sites is 1. The molecule has 1 aromatic heterocycles. The second kappa shape index (κ2) is 11.1. The maximum Gasteiger partial charge on any atom is 0.229 e. The number of sulfone groups is 1. The van der Waals surface area contributed by atoms with Crippen LogP contribution in [0.3, 0.4) is 0 Å². The summed E-state index contributed by atoms with van der Waals surface area (Å²) in [6.45, 7) is 3.86. The first kappa shape index (κ1) is 23.8. The van der Waals surface area contributed by atoms with E-state index in [4.69, 9.17) is 21.1 Å². The summed E-state index contributed by atoms with van der Waals surface area (Å²) in [6, 6.07) is 14.0. The number of halogens is 1. The Labute approximate surface area is 192 Å². The fourth-order valence-electron chi connectivity index (χ4n) is 2.82. The van der Waals surface area contributed by atoms with Crippen LogP contribution in [0.1, 0.15) is 13.3 Å². The minimum Gasteiger partial charge on any atom is -0.493 e. The highest BCUT2D eigenvalue weighted by Gasteiger charge is 2.15. The molecule has 3 aromatic rings. The molecule has 0 amide bonds. The minimum atomic E-state index is -3.43. The predicted octanol–water partition coefficient (Wildman–Crippen LogP) is 4.83. The fourth-order valence-corrected chi connectivity index (χ4v) is 3.81. The van der Waals surface area contributed by atoms with Gasteiger partial charge in [0.1, 0.15) is 10.8 Å². The van der Waals surface area contributed by atoms with Gasteiger partial charge < -0.3 is 20.1 Å². The van der Waals surface area contributed by atoms with Crippen LogP contribution >= 0.6 is 11.6 Å². The molecule has 0 atom stereocenters. The molecule has 0 aliphatic rings. The number of anilines is 4. The highest BCUT2D eigenvalue weighted by Crippen LogP contribution is 2.29. The zero-order chi connectivity index (χ0) is 23.0. The first-order valence-electron chi connectivity index (χ1n) is 10.0. The number of ether oxygens (including phenoxy) is 2. The van der Waals surface area contributed by atoms with E-state index in [1.54, 1.807) is 18.2 Å². The lowest BCUT2D eigenvalue weighted by molar-refractivity contribution is 0.131. The Morgan fingerprint density at radius 1 is 1.06 bits per heavy atom. The molecule has 0 saturated carbocycles. The summed E-state index contributed by atoms with van der Waals surface area (Å²) in [4.78, 5) is 8.75. The Morgan fingerprint density at radius 3 is 2.66 bits per heavy atom. The standard InChI is InChI=1S/C22H25ClN4O4S/c1-3-30-12-7-13-31-17-9-6-8-16(14-17)25-22-24-15-18(23)21(27-22)26-19-10-4-5-11-20(19)32(2,28)29/h4-6,8-11,14-15H,3,7,12-13H2,1-2H3,(H2,24,25,26,27). The smallest absolute Gasteiger partial charge is 0.229 e. The second-order valence-electron chi connectivity index (χ2n) is 6.84. The Bertz CT molecular complexity index is 1160. The van der Waals surface area contributed by atoms with Crippen LogP contribution < -0.4 is 15.4 Å². The van der Waals surface area contributed by atoms with Crippen molar-refractivity contribution in [2.75, 3.05) is 36.7 Å². The van der Waals surface area contributed by atoms with Gasteiger partial charge in [-0.3, -0.25) is 0 Å². The first-order chi connectivity index (χ1) is 15.4. The van der Waals surface area contributed by atoms with Crippen LogP contribution in [0, 0.1) is 0 Å². The van der Waals surface area contributed by atoms with E-state index in [-0.39, 0.29) is 15.7 Å². The van der Waals surface area contributed by atoms with Crippen molar-refractivity contribution in [1.29, 1.82) is 0 Å². The van der Waals surface area contributed by atoms with Gasteiger partial charge in [-0.1, -0.05) is 29.8 Å².